The molecule has 0 aliphatic heterocycles. The summed E-state index contributed by atoms with van der Waals surface area (Å²) in [5.74, 6) is 7.33. The Morgan fingerprint density at radius 3 is 2.04 bits per heavy atom. The summed E-state index contributed by atoms with van der Waals surface area (Å²) < 4.78 is 33.8. The fourth-order valence-corrected chi connectivity index (χ4v) is 5.51. The molecule has 47 heavy (non-hydrogen) atoms. The normalized spacial score (nSPS) is 10.8. The Morgan fingerprint density at radius 1 is 0.723 bits per heavy atom. The first-order chi connectivity index (χ1) is 23.0. The highest BCUT2D eigenvalue weighted by molar-refractivity contribution is 5.91. The van der Waals surface area contributed by atoms with Gasteiger partial charge >= 0.3 is 0 Å². The quantitative estimate of drug-likeness (QED) is 0.0851. The number of methoxy groups -OCH3 is 4. The molecule has 0 atom stereocenters. The largest absolute Gasteiger partial charge is 0.502 e. The molecule has 3 aromatic carbocycles. The number of unbranched alkanes of at least 4 members (excludes halogenated alkanes) is 9. The summed E-state index contributed by atoms with van der Waals surface area (Å²) in [4.78, 5) is 13.4. The first kappa shape index (κ1) is 35.2. The molecule has 1 heterocycles. The number of rotatable bonds is 18. The molecule has 8 heteroatoms. The van der Waals surface area contributed by atoms with Gasteiger partial charge in [0, 0.05) is 18.6 Å². The van der Waals surface area contributed by atoms with Crippen LogP contribution in [0.3, 0.4) is 0 Å². The predicted octanol–water partition coefficient (Wildman–Crippen LogP) is 8.67. The number of hydrogen-bond donors (Lipinski definition) is 1. The number of fused-ring (bicyclic) bond motifs is 1. The summed E-state index contributed by atoms with van der Waals surface area (Å²) in [6, 6.07) is 16.8. The number of hydrogen-bond acceptors (Lipinski definition) is 8. The molecule has 0 radical (unpaired) electrons. The minimum atomic E-state index is -0.601. The monoisotopic (exact) mass is 642 g/mol. The standard InChI is InChI=1S/C39H46O8/c1-42-32-23-22-30(26-33(32)43-2)36-35(41)34(40)31-25-29(37(44-3)39(45-4)38(31)47-36)21-17-12-10-8-6-5-7-9-11-13-18-24-46-27-28-19-15-14-16-20-28/h14-16,19-20,22-23,25-26,41H,5-13,18,24,27H2,1-4H3. The highest BCUT2D eigenvalue weighted by atomic mass is 16.5. The molecule has 4 aromatic rings. The van der Waals surface area contributed by atoms with Crippen LogP contribution in [0.15, 0.2) is 63.8 Å². The second kappa shape index (κ2) is 18.5. The highest BCUT2D eigenvalue weighted by Crippen LogP contribution is 2.42. The maximum atomic E-state index is 13.4. The highest BCUT2D eigenvalue weighted by Gasteiger charge is 2.23. The van der Waals surface area contributed by atoms with E-state index in [-0.39, 0.29) is 22.5 Å². The zero-order valence-electron chi connectivity index (χ0n) is 28.0. The molecule has 4 rings (SSSR count). The molecule has 0 amide bonds. The topological polar surface area (TPSA) is 96.6 Å². The van der Waals surface area contributed by atoms with Crippen LogP contribution < -0.4 is 24.4 Å². The van der Waals surface area contributed by atoms with Crippen LogP contribution in [0, 0.1) is 11.8 Å². The van der Waals surface area contributed by atoms with E-state index in [1.54, 1.807) is 24.3 Å². The number of ether oxygens (including phenoxy) is 5. The number of aromatic hydroxyl groups is 1. The Morgan fingerprint density at radius 2 is 1.38 bits per heavy atom. The van der Waals surface area contributed by atoms with Crippen LogP contribution in [-0.4, -0.2) is 40.2 Å². The molecular weight excluding hydrogens is 596 g/mol. The van der Waals surface area contributed by atoms with Gasteiger partial charge in [-0.2, -0.15) is 0 Å². The van der Waals surface area contributed by atoms with Gasteiger partial charge in [-0.15, -0.1) is 0 Å². The molecule has 8 nitrogen and oxygen atoms in total. The molecular formula is C39H46O8. The lowest BCUT2D eigenvalue weighted by Crippen LogP contribution is -2.06. The average Bonchev–Trinajstić information content (AvgIpc) is 3.11. The SMILES string of the molecule is COc1ccc(-c2oc3c(OC)c(OC)c(C#CCCCCCCCCCCCOCc4ccccc4)cc3c(=O)c2O)cc1OC. The van der Waals surface area contributed by atoms with E-state index in [2.05, 4.69) is 24.0 Å². The third kappa shape index (κ3) is 9.46. The van der Waals surface area contributed by atoms with E-state index in [9.17, 15) is 9.90 Å². The van der Waals surface area contributed by atoms with E-state index in [4.69, 9.17) is 28.1 Å². The van der Waals surface area contributed by atoms with Crippen molar-refractivity contribution in [1.29, 1.82) is 0 Å². The minimum Gasteiger partial charge on any atom is -0.502 e. The van der Waals surface area contributed by atoms with Gasteiger partial charge in [0.25, 0.3) is 0 Å². The molecule has 0 aliphatic rings. The third-order valence-electron chi connectivity index (χ3n) is 8.05. The molecule has 0 fully saturated rings. The van der Waals surface area contributed by atoms with Crippen LogP contribution >= 0.6 is 0 Å². The fourth-order valence-electron chi connectivity index (χ4n) is 5.51. The fraction of sp³-hybridized carbons (Fsp3) is 0.410. The van der Waals surface area contributed by atoms with Crippen molar-refractivity contribution in [2.24, 2.45) is 0 Å². The maximum absolute atomic E-state index is 13.4. The van der Waals surface area contributed by atoms with Gasteiger partial charge in [0.05, 0.1) is 46.0 Å². The van der Waals surface area contributed by atoms with Crippen LogP contribution in [0.2, 0.25) is 0 Å². The summed E-state index contributed by atoms with van der Waals surface area (Å²) in [5.41, 5.74) is 1.71. The van der Waals surface area contributed by atoms with Crippen molar-refractivity contribution < 1.29 is 33.2 Å². The molecule has 0 aliphatic carbocycles. The second-order valence-corrected chi connectivity index (χ2v) is 11.3. The van der Waals surface area contributed by atoms with Gasteiger partial charge in [0.15, 0.2) is 28.6 Å². The number of benzene rings is 3. The first-order valence-electron chi connectivity index (χ1n) is 16.3. The molecule has 0 unspecified atom stereocenters. The van der Waals surface area contributed by atoms with Gasteiger partial charge in [-0.25, -0.2) is 0 Å². The smallest absolute Gasteiger partial charge is 0.235 e. The van der Waals surface area contributed by atoms with E-state index < -0.39 is 11.2 Å². The van der Waals surface area contributed by atoms with E-state index >= 15 is 0 Å². The van der Waals surface area contributed by atoms with Crippen molar-refractivity contribution in [3.63, 3.8) is 0 Å². The maximum Gasteiger partial charge on any atom is 0.235 e. The second-order valence-electron chi connectivity index (χ2n) is 11.3. The Labute approximate surface area is 277 Å². The van der Waals surface area contributed by atoms with Gasteiger partial charge in [0.2, 0.25) is 16.9 Å². The average molecular weight is 643 g/mol. The van der Waals surface area contributed by atoms with E-state index in [1.807, 2.05) is 18.2 Å². The predicted molar refractivity (Wildman–Crippen MR) is 185 cm³/mol. The van der Waals surface area contributed by atoms with Crippen molar-refractivity contribution in [3.05, 3.63) is 75.9 Å². The van der Waals surface area contributed by atoms with E-state index in [1.165, 1.54) is 72.5 Å². The van der Waals surface area contributed by atoms with Crippen molar-refractivity contribution in [2.75, 3.05) is 35.0 Å². The Balaban J connectivity index is 1.27. The van der Waals surface area contributed by atoms with Crippen LogP contribution in [0.4, 0.5) is 0 Å². The van der Waals surface area contributed by atoms with Gasteiger partial charge in [-0.05, 0) is 42.7 Å². The first-order valence-corrected chi connectivity index (χ1v) is 16.3. The molecule has 0 bridgehead atoms. The molecule has 0 spiro atoms. The van der Waals surface area contributed by atoms with E-state index in [0.29, 0.717) is 35.0 Å². The van der Waals surface area contributed by atoms with Crippen LogP contribution in [0.5, 0.6) is 28.7 Å². The molecule has 0 saturated carbocycles. The molecule has 1 N–H and O–H groups in total. The molecule has 250 valence electrons. The summed E-state index contributed by atoms with van der Waals surface area (Å²) in [5, 5.41) is 11.0. The summed E-state index contributed by atoms with van der Waals surface area (Å²) >= 11 is 0. The molecule has 1 aromatic heterocycles. The zero-order chi connectivity index (χ0) is 33.4. The Hall–Kier alpha value is -4.61. The Kier molecular flexibility index (Phi) is 13.9. The minimum absolute atomic E-state index is 0.0215. The van der Waals surface area contributed by atoms with Crippen LogP contribution in [-0.2, 0) is 11.3 Å². The summed E-state index contributed by atoms with van der Waals surface area (Å²) in [7, 11) is 6.02. The van der Waals surface area contributed by atoms with Crippen LogP contribution in [0.25, 0.3) is 22.3 Å². The van der Waals surface area contributed by atoms with Gasteiger partial charge in [-0.3, -0.25) is 4.79 Å². The lowest BCUT2D eigenvalue weighted by atomic mass is 10.0. The summed E-state index contributed by atoms with van der Waals surface area (Å²) in [6.45, 7) is 1.52. The van der Waals surface area contributed by atoms with Gasteiger partial charge in [0.1, 0.15) is 0 Å². The zero-order valence-corrected chi connectivity index (χ0v) is 28.0. The lowest BCUT2D eigenvalue weighted by Gasteiger charge is -2.14. The van der Waals surface area contributed by atoms with Crippen molar-refractivity contribution in [3.8, 4) is 51.9 Å². The van der Waals surface area contributed by atoms with Crippen molar-refractivity contribution in [2.45, 2.75) is 70.8 Å². The van der Waals surface area contributed by atoms with Crippen molar-refractivity contribution >= 4 is 11.0 Å². The molecule has 0 saturated heterocycles. The van der Waals surface area contributed by atoms with E-state index in [0.717, 1.165) is 32.3 Å². The summed E-state index contributed by atoms with van der Waals surface area (Å²) in [6.07, 6.45) is 11.4. The Bertz CT molecular complexity index is 1700. The van der Waals surface area contributed by atoms with Gasteiger partial charge in [-0.1, -0.05) is 87.1 Å². The van der Waals surface area contributed by atoms with Crippen LogP contribution in [0.1, 0.15) is 75.3 Å². The van der Waals surface area contributed by atoms with Gasteiger partial charge < -0.3 is 33.2 Å². The third-order valence-corrected chi connectivity index (χ3v) is 8.05. The lowest BCUT2D eigenvalue weighted by molar-refractivity contribution is 0.116. The van der Waals surface area contributed by atoms with Crippen molar-refractivity contribution in [1.82, 2.24) is 0 Å².